The van der Waals surface area contributed by atoms with Gasteiger partial charge in [-0.3, -0.25) is 0 Å². The van der Waals surface area contributed by atoms with E-state index in [9.17, 15) is 19.8 Å². The second-order valence-corrected chi connectivity index (χ2v) is 4.75. The summed E-state index contributed by atoms with van der Waals surface area (Å²) in [6.07, 6.45) is 0. The molecule has 7 heteroatoms. The van der Waals surface area contributed by atoms with Crippen molar-refractivity contribution in [2.45, 2.75) is 0 Å². The van der Waals surface area contributed by atoms with E-state index in [-0.39, 0.29) is 17.8 Å². The van der Waals surface area contributed by atoms with Gasteiger partial charge < -0.3 is 24.1 Å². The number of benzene rings is 2. The molecule has 0 saturated carbocycles. The van der Waals surface area contributed by atoms with Crippen LogP contribution in [0.3, 0.4) is 0 Å². The Morgan fingerprint density at radius 1 is 1.09 bits per heavy atom. The Labute approximate surface area is 121 Å². The van der Waals surface area contributed by atoms with E-state index in [0.29, 0.717) is 22.3 Å². The van der Waals surface area contributed by atoms with Crippen LogP contribution in [0.25, 0.3) is 21.7 Å². The SMILES string of the molecule is O=C(O)c1c(O)ccc2c1oc(=O)c1ccc3c(c12)OCO3. The maximum atomic E-state index is 12.1. The number of fused-ring (bicyclic) bond motifs is 5. The molecule has 1 aromatic heterocycles. The zero-order valence-corrected chi connectivity index (χ0v) is 11.0. The number of carboxylic acid groups (broad SMARTS) is 1. The second-order valence-electron chi connectivity index (χ2n) is 4.75. The van der Waals surface area contributed by atoms with Gasteiger partial charge in [0.25, 0.3) is 0 Å². The molecule has 2 N–H and O–H groups in total. The lowest BCUT2D eigenvalue weighted by molar-refractivity contribution is 0.0694. The van der Waals surface area contributed by atoms with Crippen LogP contribution in [-0.2, 0) is 0 Å². The predicted octanol–water partition coefficient (Wildman–Crippen LogP) is 2.08. The van der Waals surface area contributed by atoms with E-state index in [1.807, 2.05) is 0 Å². The largest absolute Gasteiger partial charge is 0.507 e. The number of ether oxygens (including phenoxy) is 2. The van der Waals surface area contributed by atoms with Gasteiger partial charge in [0.2, 0.25) is 6.79 Å². The zero-order chi connectivity index (χ0) is 15.4. The van der Waals surface area contributed by atoms with E-state index in [1.165, 1.54) is 18.2 Å². The number of carboxylic acids is 1. The van der Waals surface area contributed by atoms with E-state index in [2.05, 4.69) is 0 Å². The first-order chi connectivity index (χ1) is 10.6. The lowest BCUT2D eigenvalue weighted by atomic mass is 10.0. The highest BCUT2D eigenvalue weighted by Crippen LogP contribution is 2.42. The quantitative estimate of drug-likeness (QED) is 0.523. The van der Waals surface area contributed by atoms with Gasteiger partial charge in [-0.05, 0) is 24.3 Å². The van der Waals surface area contributed by atoms with Crippen LogP contribution < -0.4 is 15.1 Å². The van der Waals surface area contributed by atoms with Crippen LogP contribution in [0.2, 0.25) is 0 Å². The third-order valence-corrected chi connectivity index (χ3v) is 3.57. The summed E-state index contributed by atoms with van der Waals surface area (Å²) in [6.45, 7) is 0.0139. The van der Waals surface area contributed by atoms with Gasteiger partial charge >= 0.3 is 11.6 Å². The van der Waals surface area contributed by atoms with Gasteiger partial charge in [0.1, 0.15) is 11.3 Å². The molecule has 22 heavy (non-hydrogen) atoms. The molecule has 0 atom stereocenters. The molecule has 1 aliphatic rings. The topological polar surface area (TPSA) is 106 Å². The van der Waals surface area contributed by atoms with E-state index < -0.39 is 22.9 Å². The van der Waals surface area contributed by atoms with Crippen LogP contribution in [0, 0.1) is 0 Å². The minimum Gasteiger partial charge on any atom is -0.507 e. The third kappa shape index (κ3) is 1.50. The van der Waals surface area contributed by atoms with Gasteiger partial charge in [0.15, 0.2) is 17.1 Å². The van der Waals surface area contributed by atoms with Gasteiger partial charge in [0.05, 0.1) is 5.39 Å². The van der Waals surface area contributed by atoms with Crippen LogP contribution >= 0.6 is 0 Å². The summed E-state index contributed by atoms with van der Waals surface area (Å²) in [7, 11) is 0. The highest BCUT2D eigenvalue weighted by molar-refractivity contribution is 6.14. The summed E-state index contributed by atoms with van der Waals surface area (Å²) in [5.41, 5.74) is -1.38. The summed E-state index contributed by atoms with van der Waals surface area (Å²) in [5.74, 6) is -1.05. The molecule has 0 bridgehead atoms. The molecular weight excluding hydrogens is 292 g/mol. The number of aromatic carboxylic acids is 1. The predicted molar refractivity (Wildman–Crippen MR) is 74.7 cm³/mol. The van der Waals surface area contributed by atoms with Gasteiger partial charge in [-0.1, -0.05) is 0 Å². The van der Waals surface area contributed by atoms with E-state index in [1.54, 1.807) is 6.07 Å². The number of aromatic hydroxyl groups is 1. The Hall–Kier alpha value is -3.22. The van der Waals surface area contributed by atoms with Gasteiger partial charge in [-0.15, -0.1) is 0 Å². The third-order valence-electron chi connectivity index (χ3n) is 3.57. The van der Waals surface area contributed by atoms with Crippen molar-refractivity contribution in [3.63, 3.8) is 0 Å². The summed E-state index contributed by atoms with van der Waals surface area (Å²) >= 11 is 0. The first-order valence-corrected chi connectivity index (χ1v) is 6.32. The Bertz CT molecular complexity index is 1020. The molecule has 4 rings (SSSR count). The number of rotatable bonds is 1. The molecule has 1 aliphatic heterocycles. The van der Waals surface area contributed by atoms with Gasteiger partial charge in [-0.2, -0.15) is 0 Å². The van der Waals surface area contributed by atoms with Gasteiger partial charge in [0, 0.05) is 10.8 Å². The minimum absolute atomic E-state index is 0.0139. The number of hydrogen-bond donors (Lipinski definition) is 2. The smallest absolute Gasteiger partial charge is 0.344 e. The molecule has 0 spiro atoms. The van der Waals surface area contributed by atoms with Crippen LogP contribution in [0.15, 0.2) is 33.5 Å². The highest BCUT2D eigenvalue weighted by Gasteiger charge is 2.24. The molecule has 0 fully saturated rings. The minimum atomic E-state index is -1.39. The normalized spacial score (nSPS) is 12.9. The Balaban J connectivity index is 2.30. The van der Waals surface area contributed by atoms with E-state index in [4.69, 9.17) is 13.9 Å². The Morgan fingerprint density at radius 2 is 1.86 bits per heavy atom. The first-order valence-electron chi connectivity index (χ1n) is 6.32. The van der Waals surface area contributed by atoms with Crippen LogP contribution in [0.5, 0.6) is 17.2 Å². The van der Waals surface area contributed by atoms with Crippen molar-refractivity contribution in [3.8, 4) is 17.2 Å². The Kier molecular flexibility index (Phi) is 2.35. The fraction of sp³-hybridized carbons (Fsp3) is 0.0667. The molecule has 0 aliphatic carbocycles. The maximum absolute atomic E-state index is 12.1. The molecule has 0 unspecified atom stereocenters. The van der Waals surface area contributed by atoms with Crippen molar-refractivity contribution in [3.05, 3.63) is 40.2 Å². The molecule has 110 valence electrons. The summed E-state index contributed by atoms with van der Waals surface area (Å²) in [6, 6.07) is 5.83. The number of carbonyl (C=O) groups is 1. The van der Waals surface area contributed by atoms with Crippen LogP contribution in [0.4, 0.5) is 0 Å². The van der Waals surface area contributed by atoms with Crippen LogP contribution in [-0.4, -0.2) is 23.0 Å². The summed E-state index contributed by atoms with van der Waals surface area (Å²) < 4.78 is 15.8. The molecule has 2 aromatic carbocycles. The first kappa shape index (κ1) is 12.5. The van der Waals surface area contributed by atoms with Crippen molar-refractivity contribution >= 4 is 27.7 Å². The second kappa shape index (κ2) is 4.14. The van der Waals surface area contributed by atoms with Crippen molar-refractivity contribution < 1.29 is 28.9 Å². The van der Waals surface area contributed by atoms with Crippen LogP contribution in [0.1, 0.15) is 10.4 Å². The van der Waals surface area contributed by atoms with E-state index in [0.717, 1.165) is 0 Å². The summed E-state index contributed by atoms with van der Waals surface area (Å²) in [4.78, 5) is 23.5. The lowest BCUT2D eigenvalue weighted by Crippen LogP contribution is -2.05. The average Bonchev–Trinajstić information content (AvgIpc) is 2.94. The maximum Gasteiger partial charge on any atom is 0.344 e. The van der Waals surface area contributed by atoms with E-state index >= 15 is 0 Å². The lowest BCUT2D eigenvalue weighted by Gasteiger charge is -2.08. The molecule has 0 radical (unpaired) electrons. The zero-order valence-electron chi connectivity index (χ0n) is 11.0. The molecular formula is C15H8O7. The van der Waals surface area contributed by atoms with Gasteiger partial charge in [-0.25, -0.2) is 9.59 Å². The highest BCUT2D eigenvalue weighted by atomic mass is 16.7. The fourth-order valence-corrected chi connectivity index (χ4v) is 2.64. The molecule has 3 aromatic rings. The average molecular weight is 300 g/mol. The van der Waals surface area contributed by atoms with Crippen molar-refractivity contribution in [1.82, 2.24) is 0 Å². The molecule has 7 nitrogen and oxygen atoms in total. The number of hydrogen-bond acceptors (Lipinski definition) is 6. The standard InChI is InChI=1S/C15H8O7/c16-8-3-1-6-10-7(2-4-9-13(10)21-5-20-9)15(19)22-12(6)11(8)14(17)18/h1-4,16H,5H2,(H,17,18). The Morgan fingerprint density at radius 3 is 2.64 bits per heavy atom. The number of phenols is 1. The molecule has 0 amide bonds. The van der Waals surface area contributed by atoms with Crippen molar-refractivity contribution in [2.24, 2.45) is 0 Å². The summed E-state index contributed by atoms with van der Waals surface area (Å²) in [5, 5.41) is 20.0. The fourth-order valence-electron chi connectivity index (χ4n) is 2.64. The van der Waals surface area contributed by atoms with Crippen molar-refractivity contribution in [2.75, 3.05) is 6.79 Å². The monoisotopic (exact) mass is 300 g/mol. The molecule has 0 saturated heterocycles. The van der Waals surface area contributed by atoms with Crippen molar-refractivity contribution in [1.29, 1.82) is 0 Å². The molecule has 2 heterocycles.